The summed E-state index contributed by atoms with van der Waals surface area (Å²) in [6, 6.07) is 12.9. The zero-order valence-electron chi connectivity index (χ0n) is 23.5. The molecule has 0 spiro atoms. The van der Waals surface area contributed by atoms with Crippen molar-refractivity contribution in [1.29, 1.82) is 0 Å². The quantitative estimate of drug-likeness (QED) is 0.204. The summed E-state index contributed by atoms with van der Waals surface area (Å²) in [6.45, 7) is 4.11. The summed E-state index contributed by atoms with van der Waals surface area (Å²) in [6.07, 6.45) is 15.3. The Morgan fingerprint density at radius 1 is 0.675 bits per heavy atom. The zero-order valence-corrected chi connectivity index (χ0v) is 23.5. The molecule has 2 aliphatic carbocycles. The lowest BCUT2D eigenvalue weighted by Crippen LogP contribution is -2.23. The van der Waals surface area contributed by atoms with Crippen LogP contribution in [0.4, 0.5) is 17.6 Å². The Balaban J connectivity index is 1.31. The van der Waals surface area contributed by atoms with Crippen LogP contribution in [0.1, 0.15) is 76.3 Å². The van der Waals surface area contributed by atoms with Crippen molar-refractivity contribution in [3.8, 4) is 22.3 Å². The Labute approximate surface area is 235 Å². The lowest BCUT2D eigenvalue weighted by molar-refractivity contribution is 0.192. The molecular formula is C36H38F4. The molecule has 0 aromatic heterocycles. The highest BCUT2D eigenvalue weighted by atomic mass is 19.2. The first-order chi connectivity index (χ1) is 19.4. The van der Waals surface area contributed by atoms with Crippen LogP contribution in [0.25, 0.3) is 27.8 Å². The van der Waals surface area contributed by atoms with E-state index < -0.39 is 23.3 Å². The van der Waals surface area contributed by atoms with Gasteiger partial charge in [0.25, 0.3) is 0 Å². The second-order valence-electron chi connectivity index (χ2n) is 11.5. The van der Waals surface area contributed by atoms with Crippen LogP contribution in [-0.4, -0.2) is 0 Å². The topological polar surface area (TPSA) is 0 Å². The molecule has 2 aliphatic rings. The molecule has 0 nitrogen and oxygen atoms in total. The summed E-state index contributed by atoms with van der Waals surface area (Å²) in [4.78, 5) is 0. The van der Waals surface area contributed by atoms with Crippen molar-refractivity contribution >= 4 is 5.57 Å². The van der Waals surface area contributed by atoms with Gasteiger partial charge in [0.2, 0.25) is 0 Å². The third-order valence-electron chi connectivity index (χ3n) is 9.26. The van der Waals surface area contributed by atoms with Gasteiger partial charge >= 0.3 is 0 Å². The Morgan fingerprint density at radius 3 is 1.82 bits per heavy atom. The molecule has 0 bridgehead atoms. The summed E-state index contributed by atoms with van der Waals surface area (Å²) < 4.78 is 60.0. The van der Waals surface area contributed by atoms with Crippen LogP contribution in [0.5, 0.6) is 0 Å². The van der Waals surface area contributed by atoms with Crippen LogP contribution >= 0.6 is 0 Å². The maximum absolute atomic E-state index is 15.3. The first-order valence-corrected chi connectivity index (χ1v) is 14.8. The molecule has 40 heavy (non-hydrogen) atoms. The van der Waals surface area contributed by atoms with Gasteiger partial charge in [-0.1, -0.05) is 92.9 Å². The molecule has 1 saturated carbocycles. The fourth-order valence-electron chi connectivity index (χ4n) is 6.66. The van der Waals surface area contributed by atoms with E-state index >= 15 is 8.78 Å². The molecule has 0 N–H and O–H groups in total. The lowest BCUT2D eigenvalue weighted by Gasteiger charge is -2.35. The third-order valence-corrected chi connectivity index (χ3v) is 9.26. The summed E-state index contributed by atoms with van der Waals surface area (Å²) in [5, 5.41) is 0. The van der Waals surface area contributed by atoms with Crippen molar-refractivity contribution < 1.29 is 17.6 Å². The summed E-state index contributed by atoms with van der Waals surface area (Å²) in [5.74, 6) is -1.19. The molecule has 3 aromatic carbocycles. The van der Waals surface area contributed by atoms with Crippen molar-refractivity contribution in [2.24, 2.45) is 17.8 Å². The minimum atomic E-state index is -0.909. The minimum absolute atomic E-state index is 0.135. The minimum Gasteiger partial charge on any atom is -0.203 e. The molecule has 0 aliphatic heterocycles. The summed E-state index contributed by atoms with van der Waals surface area (Å²) >= 11 is 0. The normalized spacial score (nSPS) is 21.6. The largest absolute Gasteiger partial charge is 0.203 e. The van der Waals surface area contributed by atoms with Crippen molar-refractivity contribution in [2.75, 3.05) is 0 Å². The van der Waals surface area contributed by atoms with Gasteiger partial charge in [-0.15, -0.1) is 0 Å². The highest BCUT2D eigenvalue weighted by Gasteiger charge is 2.29. The van der Waals surface area contributed by atoms with E-state index in [9.17, 15) is 8.78 Å². The Hall–Kier alpha value is -3.14. The monoisotopic (exact) mass is 546 g/mol. The summed E-state index contributed by atoms with van der Waals surface area (Å²) in [5.41, 5.74) is 2.78. The number of hydrogen-bond donors (Lipinski definition) is 0. The molecule has 4 heteroatoms. The molecule has 1 unspecified atom stereocenters. The molecule has 0 saturated heterocycles. The van der Waals surface area contributed by atoms with Crippen LogP contribution in [0.3, 0.4) is 0 Å². The smallest absolute Gasteiger partial charge is 0.167 e. The number of hydrogen-bond acceptors (Lipinski definition) is 0. The van der Waals surface area contributed by atoms with Crippen LogP contribution in [0.15, 0.2) is 66.8 Å². The molecule has 3 aromatic rings. The number of benzene rings is 3. The van der Waals surface area contributed by atoms with Gasteiger partial charge in [-0.3, -0.25) is 0 Å². The second kappa shape index (κ2) is 12.6. The van der Waals surface area contributed by atoms with E-state index in [1.54, 1.807) is 60.7 Å². The van der Waals surface area contributed by atoms with E-state index in [0.717, 1.165) is 36.7 Å². The maximum Gasteiger partial charge on any atom is 0.167 e. The Morgan fingerprint density at radius 2 is 1.25 bits per heavy atom. The molecule has 5 rings (SSSR count). The van der Waals surface area contributed by atoms with Gasteiger partial charge in [0.15, 0.2) is 23.3 Å². The van der Waals surface area contributed by atoms with Crippen LogP contribution in [0.2, 0.25) is 0 Å². The molecule has 1 atom stereocenters. The summed E-state index contributed by atoms with van der Waals surface area (Å²) in [7, 11) is 0. The van der Waals surface area contributed by atoms with Gasteiger partial charge < -0.3 is 0 Å². The van der Waals surface area contributed by atoms with Crippen LogP contribution < -0.4 is 0 Å². The van der Waals surface area contributed by atoms with E-state index in [4.69, 9.17) is 0 Å². The average molecular weight is 547 g/mol. The van der Waals surface area contributed by atoms with Gasteiger partial charge in [-0.2, -0.15) is 0 Å². The lowest BCUT2D eigenvalue weighted by atomic mass is 9.70. The van der Waals surface area contributed by atoms with Gasteiger partial charge in [0.1, 0.15) is 0 Å². The standard InChI is InChI=1S/C36H38F4/c1-3-5-6-29-19-20-30(34(38)33(29)37)27-15-17-28(18-16-27)32-22-21-31(35(39)36(32)40)26-13-11-25(12-14-26)24-9-7-23(4-2)8-10-24/h3,5,13,15-25H,4,6-12,14H2,1-2H3. The third kappa shape index (κ3) is 5.82. The Bertz CT molecular complexity index is 1390. The van der Waals surface area contributed by atoms with E-state index in [0.29, 0.717) is 29.0 Å². The van der Waals surface area contributed by atoms with Crippen LogP contribution in [-0.2, 0) is 6.42 Å². The van der Waals surface area contributed by atoms with Crippen molar-refractivity contribution in [2.45, 2.75) is 71.6 Å². The van der Waals surface area contributed by atoms with Crippen molar-refractivity contribution in [3.05, 3.63) is 101 Å². The average Bonchev–Trinajstić information content (AvgIpc) is 3.00. The van der Waals surface area contributed by atoms with Crippen LogP contribution in [0, 0.1) is 41.0 Å². The van der Waals surface area contributed by atoms with Gasteiger partial charge in [0.05, 0.1) is 0 Å². The van der Waals surface area contributed by atoms with Gasteiger partial charge in [-0.05, 0) is 85.5 Å². The fourth-order valence-corrected chi connectivity index (χ4v) is 6.66. The molecule has 0 amide bonds. The molecular weight excluding hydrogens is 508 g/mol. The van der Waals surface area contributed by atoms with E-state index in [2.05, 4.69) is 13.0 Å². The number of halogens is 4. The predicted octanol–water partition coefficient (Wildman–Crippen LogP) is 11.1. The van der Waals surface area contributed by atoms with Crippen molar-refractivity contribution in [3.63, 3.8) is 0 Å². The first kappa shape index (κ1) is 28.4. The van der Waals surface area contributed by atoms with Gasteiger partial charge in [-0.25, -0.2) is 17.6 Å². The van der Waals surface area contributed by atoms with E-state index in [1.165, 1.54) is 32.1 Å². The Kier molecular flexibility index (Phi) is 8.93. The molecule has 0 heterocycles. The molecule has 210 valence electrons. The van der Waals surface area contributed by atoms with E-state index in [-0.39, 0.29) is 16.7 Å². The fraction of sp³-hybridized carbons (Fsp3) is 0.389. The zero-order chi connectivity index (χ0) is 28.2. The highest BCUT2D eigenvalue weighted by Crippen LogP contribution is 2.42. The van der Waals surface area contributed by atoms with E-state index in [1.807, 2.05) is 6.92 Å². The number of allylic oxidation sites excluding steroid dienone is 4. The second-order valence-corrected chi connectivity index (χ2v) is 11.5. The van der Waals surface area contributed by atoms with Gasteiger partial charge in [0, 0.05) is 16.7 Å². The first-order valence-electron chi connectivity index (χ1n) is 14.8. The molecule has 1 fully saturated rings. The predicted molar refractivity (Wildman–Crippen MR) is 157 cm³/mol. The number of rotatable bonds is 7. The highest BCUT2D eigenvalue weighted by molar-refractivity contribution is 5.74. The molecule has 0 radical (unpaired) electrons. The SMILES string of the molecule is CC=CCc1ccc(-c2ccc(-c3ccc(C4=CCC(C5CCC(CC)CC5)CC4)c(F)c3F)cc2)c(F)c1F. The maximum atomic E-state index is 15.3. The van der Waals surface area contributed by atoms with Crippen molar-refractivity contribution in [1.82, 2.24) is 0 Å².